The average Bonchev–Trinajstić information content (AvgIpc) is 3.09. The number of ether oxygens (including phenoxy) is 1. The van der Waals surface area contributed by atoms with Gasteiger partial charge in [-0.2, -0.15) is 0 Å². The molecule has 2 aliphatic rings. The molecular formula is C38H42N4O3. The summed E-state index contributed by atoms with van der Waals surface area (Å²) in [6.07, 6.45) is 2.01. The summed E-state index contributed by atoms with van der Waals surface area (Å²) in [6, 6.07) is 33.6. The summed E-state index contributed by atoms with van der Waals surface area (Å²) >= 11 is 0. The predicted octanol–water partition coefficient (Wildman–Crippen LogP) is 6.66. The lowest BCUT2D eigenvalue weighted by Gasteiger charge is -2.39. The molecule has 45 heavy (non-hydrogen) atoms. The summed E-state index contributed by atoms with van der Waals surface area (Å²) in [4.78, 5) is 34.6. The van der Waals surface area contributed by atoms with E-state index >= 15 is 0 Å². The maximum atomic E-state index is 14.1. The molecule has 4 aromatic rings. The van der Waals surface area contributed by atoms with Crippen molar-refractivity contribution in [2.45, 2.75) is 25.7 Å². The van der Waals surface area contributed by atoms with Crippen molar-refractivity contribution in [3.63, 3.8) is 0 Å². The summed E-state index contributed by atoms with van der Waals surface area (Å²) in [5, 5.41) is 3.17. The van der Waals surface area contributed by atoms with Crippen molar-refractivity contribution in [1.82, 2.24) is 4.90 Å². The number of hydrogen-bond acceptors (Lipinski definition) is 5. The van der Waals surface area contributed by atoms with Crippen LogP contribution >= 0.6 is 0 Å². The fourth-order valence-corrected chi connectivity index (χ4v) is 6.52. The molecule has 0 spiro atoms. The van der Waals surface area contributed by atoms with Crippen LogP contribution in [0.15, 0.2) is 103 Å². The molecule has 2 saturated heterocycles. The fourth-order valence-electron chi connectivity index (χ4n) is 6.52. The van der Waals surface area contributed by atoms with Crippen LogP contribution in [0.4, 0.5) is 17.1 Å². The Hall–Kier alpha value is -4.78. The number of nitrogens with zero attached hydrogens (tertiary/aromatic N) is 3. The monoisotopic (exact) mass is 602 g/mol. The van der Waals surface area contributed by atoms with Gasteiger partial charge >= 0.3 is 0 Å². The molecule has 232 valence electrons. The van der Waals surface area contributed by atoms with Crippen molar-refractivity contribution < 1.29 is 14.3 Å². The van der Waals surface area contributed by atoms with Gasteiger partial charge in [0.2, 0.25) is 5.91 Å². The molecule has 0 unspecified atom stereocenters. The minimum atomic E-state index is -0.474. The Kier molecular flexibility index (Phi) is 9.34. The molecule has 2 amide bonds. The third kappa shape index (κ3) is 6.83. The number of methoxy groups -OCH3 is 1. The number of para-hydroxylation sites is 2. The molecule has 2 heterocycles. The SMILES string of the molecule is COc1ccccc1N1CCN(c2ccc(NC(=O)C(c3ccccc3)c3ccccc3)cc2C(=O)N2CCC(C)CC2)CC1. The van der Waals surface area contributed by atoms with Crippen LogP contribution in [0.2, 0.25) is 0 Å². The molecule has 2 aliphatic heterocycles. The van der Waals surface area contributed by atoms with Gasteiger partial charge in [-0.1, -0.05) is 79.7 Å². The van der Waals surface area contributed by atoms with Gasteiger partial charge in [-0.05, 0) is 60.2 Å². The maximum absolute atomic E-state index is 14.1. The van der Waals surface area contributed by atoms with E-state index in [1.54, 1.807) is 7.11 Å². The third-order valence-electron chi connectivity index (χ3n) is 9.14. The van der Waals surface area contributed by atoms with Gasteiger partial charge in [-0.15, -0.1) is 0 Å². The first kappa shape index (κ1) is 30.3. The standard InChI is InChI=1S/C38H42N4O3/c1-28-19-21-42(22-20-28)38(44)32-27-31(39-37(43)36(29-11-5-3-6-12-29)30-13-7-4-8-14-30)17-18-33(32)40-23-25-41(26-24-40)34-15-9-10-16-35(34)45-2/h3-18,27-28,36H,19-26H2,1-2H3,(H,39,43). The summed E-state index contributed by atoms with van der Waals surface area (Å²) in [6.45, 7) is 6.91. The average molecular weight is 603 g/mol. The van der Waals surface area contributed by atoms with Gasteiger partial charge in [0.25, 0.3) is 5.91 Å². The molecule has 4 aromatic carbocycles. The Morgan fingerprint density at radius 1 is 0.711 bits per heavy atom. The lowest BCUT2D eigenvalue weighted by molar-refractivity contribution is -0.116. The zero-order valence-electron chi connectivity index (χ0n) is 26.2. The van der Waals surface area contributed by atoms with Gasteiger partial charge in [0, 0.05) is 50.6 Å². The zero-order chi connectivity index (χ0) is 31.2. The summed E-state index contributed by atoms with van der Waals surface area (Å²) in [5.41, 5.74) is 5.11. The van der Waals surface area contributed by atoms with E-state index in [0.717, 1.165) is 80.4 Å². The highest BCUT2D eigenvalue weighted by atomic mass is 16.5. The molecule has 2 fully saturated rings. The van der Waals surface area contributed by atoms with Crippen LogP contribution in [0.5, 0.6) is 5.75 Å². The smallest absolute Gasteiger partial charge is 0.256 e. The molecule has 7 heteroatoms. The normalized spacial score (nSPS) is 15.7. The Balaban J connectivity index is 1.27. The van der Waals surface area contributed by atoms with Gasteiger partial charge in [0.1, 0.15) is 5.75 Å². The van der Waals surface area contributed by atoms with Crippen molar-refractivity contribution in [3.8, 4) is 5.75 Å². The molecule has 0 saturated carbocycles. The molecule has 0 aromatic heterocycles. The first-order valence-corrected chi connectivity index (χ1v) is 16.0. The highest BCUT2D eigenvalue weighted by Gasteiger charge is 2.29. The van der Waals surface area contributed by atoms with E-state index in [0.29, 0.717) is 17.2 Å². The van der Waals surface area contributed by atoms with Gasteiger partial charge in [-0.25, -0.2) is 0 Å². The van der Waals surface area contributed by atoms with Crippen LogP contribution in [-0.2, 0) is 4.79 Å². The highest BCUT2D eigenvalue weighted by Crippen LogP contribution is 2.33. The molecule has 0 atom stereocenters. The zero-order valence-corrected chi connectivity index (χ0v) is 26.2. The number of hydrogen-bond donors (Lipinski definition) is 1. The molecule has 0 bridgehead atoms. The van der Waals surface area contributed by atoms with E-state index in [1.165, 1.54) is 0 Å². The number of piperidine rings is 1. The van der Waals surface area contributed by atoms with Crippen LogP contribution < -0.4 is 19.9 Å². The van der Waals surface area contributed by atoms with Gasteiger partial charge in [0.15, 0.2) is 0 Å². The first-order valence-electron chi connectivity index (χ1n) is 16.0. The molecule has 7 nitrogen and oxygen atoms in total. The summed E-state index contributed by atoms with van der Waals surface area (Å²) in [7, 11) is 1.70. The molecule has 6 rings (SSSR count). The summed E-state index contributed by atoms with van der Waals surface area (Å²) in [5.74, 6) is 0.914. The molecule has 0 radical (unpaired) electrons. The Bertz CT molecular complexity index is 1550. The quantitative estimate of drug-likeness (QED) is 0.244. The number of carbonyl (C=O) groups is 2. The Morgan fingerprint density at radius 3 is 1.87 bits per heavy atom. The van der Waals surface area contributed by atoms with E-state index in [4.69, 9.17) is 4.74 Å². The van der Waals surface area contributed by atoms with Crippen molar-refractivity contribution in [1.29, 1.82) is 0 Å². The second-order valence-electron chi connectivity index (χ2n) is 12.1. The van der Waals surface area contributed by atoms with Crippen molar-refractivity contribution >= 4 is 28.9 Å². The number of nitrogens with one attached hydrogen (secondary N) is 1. The Morgan fingerprint density at radius 2 is 1.27 bits per heavy atom. The van der Waals surface area contributed by atoms with Crippen molar-refractivity contribution in [2.24, 2.45) is 5.92 Å². The van der Waals surface area contributed by atoms with Gasteiger partial charge in [-0.3, -0.25) is 9.59 Å². The largest absolute Gasteiger partial charge is 0.495 e. The van der Waals surface area contributed by atoms with Crippen LogP contribution in [0.25, 0.3) is 0 Å². The number of piperazine rings is 1. The number of likely N-dealkylation sites (tertiary alicyclic amines) is 1. The second-order valence-corrected chi connectivity index (χ2v) is 12.1. The Labute approximate surface area is 266 Å². The number of anilines is 3. The first-order chi connectivity index (χ1) is 22.0. The number of rotatable bonds is 8. The number of carbonyl (C=O) groups excluding carboxylic acids is 2. The van der Waals surface area contributed by atoms with Gasteiger partial charge in [0.05, 0.1) is 24.3 Å². The predicted molar refractivity (Wildman–Crippen MR) is 182 cm³/mol. The summed E-state index contributed by atoms with van der Waals surface area (Å²) < 4.78 is 5.61. The van der Waals surface area contributed by atoms with Crippen molar-refractivity contribution in [2.75, 3.05) is 61.5 Å². The number of benzene rings is 4. The van der Waals surface area contributed by atoms with E-state index < -0.39 is 5.92 Å². The molecule has 1 N–H and O–H groups in total. The van der Waals surface area contributed by atoms with Crippen LogP contribution in [0, 0.1) is 5.92 Å². The van der Waals surface area contributed by atoms with Crippen LogP contribution in [0.1, 0.15) is 47.2 Å². The third-order valence-corrected chi connectivity index (χ3v) is 9.14. The topological polar surface area (TPSA) is 65.1 Å². The maximum Gasteiger partial charge on any atom is 0.256 e. The molecular weight excluding hydrogens is 560 g/mol. The van der Waals surface area contributed by atoms with Crippen LogP contribution in [-0.4, -0.2) is 63.1 Å². The lowest BCUT2D eigenvalue weighted by Crippen LogP contribution is -2.47. The highest BCUT2D eigenvalue weighted by molar-refractivity contribution is 6.03. The fraction of sp³-hybridized carbons (Fsp3) is 0.316. The number of amides is 2. The van der Waals surface area contributed by atoms with E-state index in [-0.39, 0.29) is 11.8 Å². The van der Waals surface area contributed by atoms with E-state index in [9.17, 15) is 9.59 Å². The second kappa shape index (κ2) is 13.9. The van der Waals surface area contributed by atoms with E-state index in [1.807, 2.05) is 102 Å². The minimum absolute atomic E-state index is 0.0304. The van der Waals surface area contributed by atoms with Crippen molar-refractivity contribution in [3.05, 3.63) is 120 Å². The van der Waals surface area contributed by atoms with E-state index in [2.05, 4.69) is 28.1 Å². The lowest BCUT2D eigenvalue weighted by atomic mass is 9.90. The minimum Gasteiger partial charge on any atom is -0.495 e. The van der Waals surface area contributed by atoms with Gasteiger partial charge < -0.3 is 24.8 Å². The van der Waals surface area contributed by atoms with Crippen LogP contribution in [0.3, 0.4) is 0 Å². The molecule has 0 aliphatic carbocycles.